The number of amides is 1. The first-order chi connectivity index (χ1) is 12.7. The van der Waals surface area contributed by atoms with E-state index in [1.54, 1.807) is 0 Å². The van der Waals surface area contributed by atoms with Crippen molar-refractivity contribution in [1.82, 2.24) is 4.90 Å². The van der Waals surface area contributed by atoms with Gasteiger partial charge in [-0.15, -0.1) is 0 Å². The highest BCUT2D eigenvalue weighted by molar-refractivity contribution is 5.84. The van der Waals surface area contributed by atoms with E-state index in [0.29, 0.717) is 35.6 Å². The van der Waals surface area contributed by atoms with Gasteiger partial charge >= 0.3 is 0 Å². The van der Waals surface area contributed by atoms with E-state index in [-0.39, 0.29) is 5.92 Å². The van der Waals surface area contributed by atoms with Crippen molar-refractivity contribution in [2.24, 2.45) is 29.6 Å². The molecule has 1 aromatic carbocycles. The van der Waals surface area contributed by atoms with Gasteiger partial charge in [0.15, 0.2) is 5.72 Å². The lowest BCUT2D eigenvalue weighted by Crippen LogP contribution is -2.61. The van der Waals surface area contributed by atoms with Crippen LogP contribution in [-0.2, 0) is 15.3 Å². The third-order valence-corrected chi connectivity index (χ3v) is 8.02. The van der Waals surface area contributed by atoms with Crippen LogP contribution in [0.2, 0.25) is 0 Å². The molecule has 3 aliphatic carbocycles. The Morgan fingerprint density at radius 3 is 2.69 bits per heavy atom. The Hall–Kier alpha value is -1.61. The van der Waals surface area contributed by atoms with Gasteiger partial charge in [-0.25, -0.2) is 0 Å². The fourth-order valence-corrected chi connectivity index (χ4v) is 6.92. The van der Waals surface area contributed by atoms with Crippen LogP contribution in [0.5, 0.6) is 0 Å². The molecule has 26 heavy (non-hydrogen) atoms. The molecule has 0 unspecified atom stereocenters. The molecule has 0 radical (unpaired) electrons. The average Bonchev–Trinajstić information content (AvgIpc) is 3.35. The van der Waals surface area contributed by atoms with Gasteiger partial charge in [0.1, 0.15) is 0 Å². The molecule has 136 valence electrons. The smallest absolute Gasteiger partial charge is 0.228 e. The Bertz CT molecular complexity index is 784. The molecule has 0 spiro atoms. The van der Waals surface area contributed by atoms with Crippen molar-refractivity contribution in [3.05, 3.63) is 47.5 Å². The molecular weight excluding hydrogens is 322 g/mol. The summed E-state index contributed by atoms with van der Waals surface area (Å²) in [5.74, 6) is 2.49. The van der Waals surface area contributed by atoms with Gasteiger partial charge in [-0.05, 0) is 38.0 Å². The summed E-state index contributed by atoms with van der Waals surface area (Å²) in [6.07, 6.45) is 10.5. The maximum atomic E-state index is 13.7. The van der Waals surface area contributed by atoms with Crippen molar-refractivity contribution in [3.8, 4) is 0 Å². The Morgan fingerprint density at radius 2 is 1.85 bits per heavy atom. The molecular formula is C23H27NO2. The number of rotatable bonds is 1. The molecule has 3 nitrogen and oxygen atoms in total. The number of hydrogen-bond donors (Lipinski definition) is 0. The van der Waals surface area contributed by atoms with Crippen molar-refractivity contribution in [3.63, 3.8) is 0 Å². The Morgan fingerprint density at radius 1 is 1.08 bits per heavy atom. The van der Waals surface area contributed by atoms with Gasteiger partial charge in [0.05, 0.1) is 6.61 Å². The quantitative estimate of drug-likeness (QED) is 0.717. The average molecular weight is 349 g/mol. The summed E-state index contributed by atoms with van der Waals surface area (Å²) in [6.45, 7) is 2.93. The first kappa shape index (κ1) is 15.4. The number of hydrogen-bond acceptors (Lipinski definition) is 2. The number of nitrogens with zero attached hydrogens (tertiary/aromatic N) is 1. The van der Waals surface area contributed by atoms with Crippen LogP contribution >= 0.6 is 0 Å². The van der Waals surface area contributed by atoms with Crippen LogP contribution in [-0.4, -0.2) is 23.5 Å². The molecule has 2 saturated heterocycles. The Kier molecular flexibility index (Phi) is 3.10. The van der Waals surface area contributed by atoms with E-state index in [2.05, 4.69) is 48.2 Å². The van der Waals surface area contributed by atoms with E-state index in [1.165, 1.54) is 30.4 Å². The SMILES string of the molecule is Cc1ccc([C@]23OC[C@@H]4[C@H]([C@H]5C=C[C@@H]4C5)N2C(=O)[C@@H]2CCCC[C@@H]23)cc1. The maximum Gasteiger partial charge on any atom is 0.228 e. The minimum Gasteiger partial charge on any atom is -0.350 e. The molecule has 2 aliphatic heterocycles. The van der Waals surface area contributed by atoms with Crippen molar-refractivity contribution in [1.29, 1.82) is 0 Å². The van der Waals surface area contributed by atoms with Crippen LogP contribution in [0.25, 0.3) is 0 Å². The van der Waals surface area contributed by atoms with Gasteiger partial charge in [-0.1, -0.05) is 54.8 Å². The van der Waals surface area contributed by atoms with Crippen molar-refractivity contribution in [2.75, 3.05) is 6.61 Å². The van der Waals surface area contributed by atoms with Crippen LogP contribution in [0, 0.1) is 36.5 Å². The predicted octanol–water partition coefficient (Wildman–Crippen LogP) is 4.02. The predicted molar refractivity (Wildman–Crippen MR) is 99.1 cm³/mol. The standard InChI is InChI=1S/C23H27NO2/c1-14-6-10-17(11-7-14)23-20-5-3-2-4-18(20)22(25)24(23)21-16-9-8-15(12-16)19(21)13-26-23/h6-11,15-16,18-21H,2-5,12-13H2,1H3/t15-,16+,18-,19+,20+,21+,23-/m1/s1. The van der Waals surface area contributed by atoms with Crippen molar-refractivity contribution >= 4 is 5.91 Å². The molecule has 0 aromatic heterocycles. The lowest BCUT2D eigenvalue weighted by atomic mass is 9.73. The van der Waals surface area contributed by atoms with Crippen LogP contribution in [0.15, 0.2) is 36.4 Å². The molecule has 1 amide bonds. The molecule has 1 aromatic rings. The minimum absolute atomic E-state index is 0.159. The molecule has 6 rings (SSSR count). The van der Waals surface area contributed by atoms with Crippen molar-refractivity contribution in [2.45, 2.75) is 50.8 Å². The molecule has 3 heteroatoms. The summed E-state index contributed by atoms with van der Waals surface area (Å²) in [5, 5.41) is 0. The van der Waals surface area contributed by atoms with Crippen LogP contribution < -0.4 is 0 Å². The molecule has 0 N–H and O–H groups in total. The second-order valence-electron chi connectivity index (χ2n) is 9.18. The zero-order chi connectivity index (χ0) is 17.5. The van der Waals surface area contributed by atoms with Crippen LogP contribution in [0.4, 0.5) is 0 Å². The third kappa shape index (κ3) is 1.76. The lowest BCUT2D eigenvalue weighted by molar-refractivity contribution is -0.237. The number of carbonyl (C=O) groups is 1. The summed E-state index contributed by atoms with van der Waals surface area (Å²) in [4.78, 5) is 15.9. The van der Waals surface area contributed by atoms with E-state index in [1.807, 2.05) is 0 Å². The summed E-state index contributed by atoms with van der Waals surface area (Å²) in [5.41, 5.74) is 1.95. The topological polar surface area (TPSA) is 29.5 Å². The van der Waals surface area contributed by atoms with E-state index in [0.717, 1.165) is 19.4 Å². The number of fused-ring (bicyclic) bond motifs is 9. The maximum absolute atomic E-state index is 13.7. The third-order valence-electron chi connectivity index (χ3n) is 8.02. The molecule has 2 bridgehead atoms. The van der Waals surface area contributed by atoms with Gasteiger partial charge in [0.25, 0.3) is 0 Å². The van der Waals surface area contributed by atoms with Crippen LogP contribution in [0.3, 0.4) is 0 Å². The normalized spacial score (nSPS) is 45.6. The van der Waals surface area contributed by atoms with E-state index in [9.17, 15) is 4.79 Å². The number of ether oxygens (including phenoxy) is 1. The molecule has 7 atom stereocenters. The minimum atomic E-state index is -0.518. The second-order valence-corrected chi connectivity index (χ2v) is 9.18. The first-order valence-electron chi connectivity index (χ1n) is 10.4. The van der Waals surface area contributed by atoms with E-state index < -0.39 is 5.72 Å². The number of benzene rings is 1. The summed E-state index contributed by atoms with van der Waals surface area (Å²) >= 11 is 0. The van der Waals surface area contributed by atoms with Gasteiger partial charge in [0.2, 0.25) is 5.91 Å². The number of carbonyl (C=O) groups excluding carboxylic acids is 1. The monoisotopic (exact) mass is 349 g/mol. The highest BCUT2D eigenvalue weighted by Gasteiger charge is 2.68. The summed E-state index contributed by atoms with van der Waals surface area (Å²) < 4.78 is 6.79. The van der Waals surface area contributed by atoms with Crippen LogP contribution in [0.1, 0.15) is 43.2 Å². The van der Waals surface area contributed by atoms with E-state index in [4.69, 9.17) is 4.74 Å². The van der Waals surface area contributed by atoms with E-state index >= 15 is 0 Å². The Labute approximate surface area is 155 Å². The van der Waals surface area contributed by atoms with Gasteiger partial charge < -0.3 is 9.64 Å². The molecule has 5 aliphatic rings. The highest BCUT2D eigenvalue weighted by Crippen LogP contribution is 2.61. The summed E-state index contributed by atoms with van der Waals surface area (Å²) in [7, 11) is 0. The fourth-order valence-electron chi connectivity index (χ4n) is 6.92. The van der Waals surface area contributed by atoms with Crippen molar-refractivity contribution < 1.29 is 9.53 Å². The summed E-state index contributed by atoms with van der Waals surface area (Å²) in [6, 6.07) is 9.14. The highest BCUT2D eigenvalue weighted by atomic mass is 16.5. The Balaban J connectivity index is 1.53. The fraction of sp³-hybridized carbons (Fsp3) is 0.609. The second kappa shape index (κ2) is 5.22. The number of allylic oxidation sites excluding steroid dienone is 1. The zero-order valence-electron chi connectivity index (χ0n) is 15.4. The molecule has 2 heterocycles. The first-order valence-corrected chi connectivity index (χ1v) is 10.4. The largest absolute Gasteiger partial charge is 0.350 e. The molecule has 4 fully saturated rings. The number of aryl methyl sites for hydroxylation is 1. The van der Waals surface area contributed by atoms with Gasteiger partial charge in [0, 0.05) is 29.4 Å². The zero-order valence-corrected chi connectivity index (χ0v) is 15.4. The molecule has 2 saturated carbocycles. The van der Waals surface area contributed by atoms with Gasteiger partial charge in [-0.2, -0.15) is 0 Å². The van der Waals surface area contributed by atoms with Gasteiger partial charge in [-0.3, -0.25) is 4.79 Å². The lowest BCUT2D eigenvalue weighted by Gasteiger charge is -2.53.